The number of carbonyl (C=O) groups is 2. The predicted octanol–water partition coefficient (Wildman–Crippen LogP) is 2.52. The average molecular weight is 392 g/mol. The van der Waals surface area contributed by atoms with E-state index in [1.165, 1.54) is 19.2 Å². The van der Waals surface area contributed by atoms with Gasteiger partial charge in [0.05, 0.1) is 6.04 Å². The van der Waals surface area contributed by atoms with Gasteiger partial charge in [0.25, 0.3) is 5.91 Å². The molecule has 0 spiro atoms. The van der Waals surface area contributed by atoms with Crippen LogP contribution in [0.4, 0.5) is 10.1 Å². The zero-order valence-corrected chi connectivity index (χ0v) is 15.7. The van der Waals surface area contributed by atoms with Crippen LogP contribution in [-0.4, -0.2) is 42.4 Å². The van der Waals surface area contributed by atoms with Gasteiger partial charge in [0.15, 0.2) is 0 Å². The predicted molar refractivity (Wildman–Crippen MR) is 100.0 cm³/mol. The normalized spacial score (nSPS) is 15.7. The maximum absolute atomic E-state index is 13.2. The first-order valence-electron chi connectivity index (χ1n) is 8.45. The summed E-state index contributed by atoms with van der Waals surface area (Å²) in [7, 11) is 1.51. The minimum absolute atomic E-state index is 0.172. The molecule has 0 fully saturated rings. The van der Waals surface area contributed by atoms with Crippen LogP contribution in [0, 0.1) is 5.82 Å². The number of aromatic nitrogens is 1. The van der Waals surface area contributed by atoms with E-state index < -0.39 is 0 Å². The van der Waals surface area contributed by atoms with E-state index >= 15 is 0 Å². The van der Waals surface area contributed by atoms with Crippen molar-refractivity contribution >= 4 is 29.1 Å². The summed E-state index contributed by atoms with van der Waals surface area (Å²) in [5.41, 5.74) is 2.09. The number of amides is 2. The fourth-order valence-corrected chi connectivity index (χ4v) is 3.16. The highest BCUT2D eigenvalue weighted by molar-refractivity contribution is 6.29. The van der Waals surface area contributed by atoms with Crippen LogP contribution in [0.3, 0.4) is 0 Å². The quantitative estimate of drug-likeness (QED) is 0.813. The Kier molecular flexibility index (Phi) is 5.60. The summed E-state index contributed by atoms with van der Waals surface area (Å²) in [5, 5.41) is 2.56. The van der Waals surface area contributed by atoms with Crippen LogP contribution in [0.1, 0.15) is 28.5 Å². The summed E-state index contributed by atoms with van der Waals surface area (Å²) in [5.74, 6) is -0.930. The molecule has 27 heavy (non-hydrogen) atoms. The highest BCUT2D eigenvalue weighted by atomic mass is 35.5. The van der Waals surface area contributed by atoms with Crippen molar-refractivity contribution in [3.8, 4) is 5.88 Å². The lowest BCUT2D eigenvalue weighted by molar-refractivity contribution is -0.117. The molecule has 1 aliphatic heterocycles. The molecule has 0 unspecified atom stereocenters. The summed E-state index contributed by atoms with van der Waals surface area (Å²) in [6.07, 6.45) is 0.348. The van der Waals surface area contributed by atoms with Gasteiger partial charge < -0.3 is 15.0 Å². The third-order valence-corrected chi connectivity index (χ3v) is 4.57. The highest BCUT2D eigenvalue weighted by Gasteiger charge is 2.32. The molecule has 2 aromatic rings. The molecule has 0 saturated carbocycles. The third kappa shape index (κ3) is 3.88. The molecule has 0 aliphatic carbocycles. The van der Waals surface area contributed by atoms with E-state index in [9.17, 15) is 14.0 Å². The smallest absolute Gasteiger partial charge is 0.270 e. The highest BCUT2D eigenvalue weighted by Crippen LogP contribution is 2.35. The number of nitrogens with zero attached hydrogens (tertiary/aromatic N) is 2. The number of fused-ring (bicyclic) bond motifs is 1. The summed E-state index contributed by atoms with van der Waals surface area (Å²) < 4.78 is 18.8. The molecule has 1 aliphatic rings. The van der Waals surface area contributed by atoms with Crippen LogP contribution in [0.5, 0.6) is 5.88 Å². The van der Waals surface area contributed by atoms with Gasteiger partial charge in [-0.05, 0) is 42.7 Å². The molecule has 1 aromatic heterocycles. The molecule has 8 heteroatoms. The van der Waals surface area contributed by atoms with Crippen molar-refractivity contribution in [1.29, 1.82) is 0 Å². The molecular formula is C19H19ClFN3O3. The lowest BCUT2D eigenvalue weighted by Crippen LogP contribution is -2.46. The Morgan fingerprint density at radius 2 is 2.07 bits per heavy atom. The van der Waals surface area contributed by atoms with Crippen LogP contribution >= 0.6 is 11.6 Å². The topological polar surface area (TPSA) is 71.5 Å². The van der Waals surface area contributed by atoms with E-state index in [4.69, 9.17) is 16.3 Å². The molecule has 1 atom stereocenters. The molecule has 1 aromatic carbocycles. The summed E-state index contributed by atoms with van der Waals surface area (Å²) in [6.45, 7) is 2.10. The fraction of sp³-hybridized carbons (Fsp3) is 0.316. The number of anilines is 1. The van der Waals surface area contributed by atoms with Crippen LogP contribution in [0.2, 0.25) is 0 Å². The number of halogens is 2. The average Bonchev–Trinajstić information content (AvgIpc) is 2.68. The van der Waals surface area contributed by atoms with Crippen molar-refractivity contribution < 1.29 is 18.7 Å². The van der Waals surface area contributed by atoms with Gasteiger partial charge in [0, 0.05) is 7.05 Å². The summed E-state index contributed by atoms with van der Waals surface area (Å²) >= 11 is 5.75. The number of hydrogen-bond acceptors (Lipinski definition) is 4. The minimum atomic E-state index is -0.368. The standard InChI is InChI=1S/C19H19ClFN3O3/c1-11-10-27-19-15(24(11)16(25)9-20)8-13(17(23-19)18(26)22-2)7-12-3-5-14(21)6-4-12/h3-6,8,11H,7,9-10H2,1-2H3,(H,22,26)/t11-/m0/s1. The minimum Gasteiger partial charge on any atom is -0.474 e. The van der Waals surface area contributed by atoms with Crippen LogP contribution in [0.15, 0.2) is 30.3 Å². The zero-order valence-electron chi connectivity index (χ0n) is 15.0. The van der Waals surface area contributed by atoms with Crippen molar-refractivity contribution in [1.82, 2.24) is 10.3 Å². The van der Waals surface area contributed by atoms with Crippen molar-refractivity contribution in [2.75, 3.05) is 24.4 Å². The lowest BCUT2D eigenvalue weighted by atomic mass is 10.0. The van der Waals surface area contributed by atoms with E-state index in [0.717, 1.165) is 5.56 Å². The SMILES string of the molecule is CNC(=O)c1nc2c(cc1Cc1ccc(F)cc1)N(C(=O)CCl)[C@@H](C)CO2. The van der Waals surface area contributed by atoms with Gasteiger partial charge in [0.2, 0.25) is 11.8 Å². The van der Waals surface area contributed by atoms with Gasteiger partial charge in [-0.2, -0.15) is 0 Å². The summed E-state index contributed by atoms with van der Waals surface area (Å²) in [6, 6.07) is 7.50. The second-order valence-electron chi connectivity index (χ2n) is 6.26. The molecular weight excluding hydrogens is 373 g/mol. The van der Waals surface area contributed by atoms with Crippen molar-refractivity contribution in [3.05, 3.63) is 53.0 Å². The molecule has 6 nitrogen and oxygen atoms in total. The van der Waals surface area contributed by atoms with E-state index in [0.29, 0.717) is 17.7 Å². The van der Waals surface area contributed by atoms with Gasteiger partial charge in [0.1, 0.15) is 29.7 Å². The molecule has 0 radical (unpaired) electrons. The first-order valence-corrected chi connectivity index (χ1v) is 8.99. The molecule has 2 heterocycles. The van der Waals surface area contributed by atoms with E-state index in [1.807, 2.05) is 6.92 Å². The largest absolute Gasteiger partial charge is 0.474 e. The monoisotopic (exact) mass is 391 g/mol. The van der Waals surface area contributed by atoms with Crippen molar-refractivity contribution in [2.24, 2.45) is 0 Å². The number of nitrogens with one attached hydrogen (secondary N) is 1. The summed E-state index contributed by atoms with van der Waals surface area (Å²) in [4.78, 5) is 30.5. The van der Waals surface area contributed by atoms with Crippen molar-refractivity contribution in [2.45, 2.75) is 19.4 Å². The maximum atomic E-state index is 13.2. The maximum Gasteiger partial charge on any atom is 0.270 e. The van der Waals surface area contributed by atoms with Crippen LogP contribution in [0.25, 0.3) is 0 Å². The van der Waals surface area contributed by atoms with Gasteiger partial charge in [-0.15, -0.1) is 11.6 Å². The number of carbonyl (C=O) groups excluding carboxylic acids is 2. The Hall–Kier alpha value is -2.67. The first kappa shape index (κ1) is 19.1. The second kappa shape index (κ2) is 7.92. The Morgan fingerprint density at radius 3 is 2.70 bits per heavy atom. The first-order chi connectivity index (χ1) is 12.9. The number of hydrogen-bond donors (Lipinski definition) is 1. The number of benzene rings is 1. The van der Waals surface area contributed by atoms with E-state index in [1.54, 1.807) is 23.1 Å². The zero-order chi connectivity index (χ0) is 19.6. The van der Waals surface area contributed by atoms with Crippen LogP contribution < -0.4 is 15.0 Å². The molecule has 0 bridgehead atoms. The second-order valence-corrected chi connectivity index (χ2v) is 6.53. The van der Waals surface area contributed by atoms with Gasteiger partial charge in [-0.3, -0.25) is 9.59 Å². The van der Waals surface area contributed by atoms with Gasteiger partial charge >= 0.3 is 0 Å². The molecule has 0 saturated heterocycles. The number of ether oxygens (including phenoxy) is 1. The number of rotatable bonds is 4. The van der Waals surface area contributed by atoms with Gasteiger partial charge in [-0.25, -0.2) is 9.37 Å². The molecule has 1 N–H and O–H groups in total. The Bertz CT molecular complexity index is 873. The fourth-order valence-electron chi connectivity index (χ4n) is 3.03. The van der Waals surface area contributed by atoms with E-state index in [-0.39, 0.29) is 47.7 Å². The van der Waals surface area contributed by atoms with Crippen molar-refractivity contribution in [3.63, 3.8) is 0 Å². The van der Waals surface area contributed by atoms with Crippen LogP contribution in [-0.2, 0) is 11.2 Å². The Balaban J connectivity index is 2.09. The Morgan fingerprint density at radius 1 is 1.37 bits per heavy atom. The third-order valence-electron chi connectivity index (χ3n) is 4.34. The van der Waals surface area contributed by atoms with Gasteiger partial charge in [-0.1, -0.05) is 12.1 Å². The molecule has 142 valence electrons. The Labute approximate surface area is 161 Å². The molecule has 2 amide bonds. The van der Waals surface area contributed by atoms with E-state index in [2.05, 4.69) is 10.3 Å². The number of alkyl halides is 1. The lowest BCUT2D eigenvalue weighted by Gasteiger charge is -2.34. The number of pyridine rings is 1. The molecule has 3 rings (SSSR count).